The molecular formula is C30H27N3O2. The van der Waals surface area contributed by atoms with Crippen LogP contribution in [0.2, 0.25) is 0 Å². The van der Waals surface area contributed by atoms with Gasteiger partial charge in [-0.2, -0.15) is 0 Å². The molecule has 0 atom stereocenters. The summed E-state index contributed by atoms with van der Waals surface area (Å²) >= 11 is 0. The number of fused-ring (bicyclic) bond motifs is 1. The lowest BCUT2D eigenvalue weighted by molar-refractivity contribution is -0.120. The van der Waals surface area contributed by atoms with E-state index >= 15 is 0 Å². The Balaban J connectivity index is 1.22. The smallest absolute Gasteiger partial charge is 0.224 e. The van der Waals surface area contributed by atoms with Crippen molar-refractivity contribution in [1.29, 1.82) is 0 Å². The summed E-state index contributed by atoms with van der Waals surface area (Å²) in [6, 6.07) is 36.1. The first-order chi connectivity index (χ1) is 17.3. The quantitative estimate of drug-likeness (QED) is 0.309. The molecule has 5 rings (SSSR count). The molecule has 1 heterocycles. The van der Waals surface area contributed by atoms with E-state index < -0.39 is 0 Å². The maximum Gasteiger partial charge on any atom is 0.224 e. The van der Waals surface area contributed by atoms with Crippen LogP contribution in [0.5, 0.6) is 5.75 Å². The molecule has 5 aromatic rings. The number of nitrogens with one attached hydrogen (secondary N) is 1. The molecule has 0 fully saturated rings. The fraction of sp³-hybridized carbons (Fsp3) is 0.133. The summed E-state index contributed by atoms with van der Waals surface area (Å²) in [4.78, 5) is 17.4. The van der Waals surface area contributed by atoms with Crippen LogP contribution in [0.15, 0.2) is 109 Å². The largest absolute Gasteiger partial charge is 0.492 e. The van der Waals surface area contributed by atoms with Gasteiger partial charge in [0.15, 0.2) is 0 Å². The molecule has 0 spiro atoms. The van der Waals surface area contributed by atoms with Crippen molar-refractivity contribution in [2.24, 2.45) is 0 Å². The summed E-state index contributed by atoms with van der Waals surface area (Å²) < 4.78 is 8.01. The molecule has 0 bridgehead atoms. The van der Waals surface area contributed by atoms with Crippen LogP contribution < -0.4 is 10.1 Å². The van der Waals surface area contributed by atoms with E-state index in [0.29, 0.717) is 26.1 Å². The van der Waals surface area contributed by atoms with Gasteiger partial charge in [0.2, 0.25) is 5.91 Å². The number of ether oxygens (including phenoxy) is 1. The highest BCUT2D eigenvalue weighted by molar-refractivity contribution is 5.79. The Labute approximate surface area is 205 Å². The van der Waals surface area contributed by atoms with Gasteiger partial charge < -0.3 is 14.6 Å². The molecule has 35 heavy (non-hydrogen) atoms. The minimum Gasteiger partial charge on any atom is -0.492 e. The molecule has 0 unspecified atom stereocenters. The molecule has 0 aliphatic carbocycles. The number of nitrogens with zero attached hydrogens (tertiary/aromatic N) is 2. The number of para-hydroxylation sites is 3. The van der Waals surface area contributed by atoms with Gasteiger partial charge in [-0.1, -0.05) is 84.9 Å². The topological polar surface area (TPSA) is 56.2 Å². The van der Waals surface area contributed by atoms with Gasteiger partial charge in [-0.15, -0.1) is 0 Å². The van der Waals surface area contributed by atoms with E-state index in [4.69, 9.17) is 9.72 Å². The van der Waals surface area contributed by atoms with Crippen LogP contribution in [-0.2, 0) is 24.3 Å². The van der Waals surface area contributed by atoms with Crippen molar-refractivity contribution in [1.82, 2.24) is 14.9 Å². The monoisotopic (exact) mass is 461 g/mol. The Hall–Kier alpha value is -4.38. The number of hydrogen-bond acceptors (Lipinski definition) is 3. The average molecular weight is 462 g/mol. The molecule has 4 aromatic carbocycles. The number of imidazole rings is 1. The summed E-state index contributed by atoms with van der Waals surface area (Å²) in [5.41, 5.74) is 5.23. The summed E-state index contributed by atoms with van der Waals surface area (Å²) in [5, 5.41) is 3.04. The molecule has 5 heteroatoms. The fourth-order valence-electron chi connectivity index (χ4n) is 4.15. The van der Waals surface area contributed by atoms with E-state index in [-0.39, 0.29) is 5.91 Å². The standard InChI is InChI=1S/C30H27N3O2/c34-30(21-23-15-17-25(18-16-23)24-9-3-1-4-10-24)31-22-29-32-27-13-7-8-14-28(27)33(29)19-20-35-26-11-5-2-6-12-26/h1-18H,19-22H2,(H,31,34). The summed E-state index contributed by atoms with van der Waals surface area (Å²) in [6.45, 7) is 1.52. The van der Waals surface area contributed by atoms with Gasteiger partial charge in [0.25, 0.3) is 0 Å². The molecule has 174 valence electrons. The fourth-order valence-corrected chi connectivity index (χ4v) is 4.15. The predicted molar refractivity (Wildman–Crippen MR) is 139 cm³/mol. The van der Waals surface area contributed by atoms with Gasteiger partial charge in [0.05, 0.1) is 30.5 Å². The molecule has 1 N–H and O–H groups in total. The van der Waals surface area contributed by atoms with Gasteiger partial charge in [-0.25, -0.2) is 4.98 Å². The number of aromatic nitrogens is 2. The first kappa shape index (κ1) is 22.4. The highest BCUT2D eigenvalue weighted by Crippen LogP contribution is 2.20. The number of hydrogen-bond donors (Lipinski definition) is 1. The van der Waals surface area contributed by atoms with E-state index in [0.717, 1.165) is 33.7 Å². The van der Waals surface area contributed by atoms with Crippen LogP contribution in [0, 0.1) is 0 Å². The first-order valence-electron chi connectivity index (χ1n) is 11.8. The summed E-state index contributed by atoms with van der Waals surface area (Å²) in [5.74, 6) is 1.62. The average Bonchev–Trinajstić information content (AvgIpc) is 3.26. The molecule has 0 saturated heterocycles. The minimum atomic E-state index is -0.0309. The molecule has 0 saturated carbocycles. The summed E-state index contributed by atoms with van der Waals surface area (Å²) in [7, 11) is 0. The van der Waals surface area contributed by atoms with Crippen LogP contribution in [-0.4, -0.2) is 22.1 Å². The predicted octanol–water partition coefficient (Wildman–Crippen LogP) is 5.64. The van der Waals surface area contributed by atoms with Gasteiger partial charge in [0, 0.05) is 0 Å². The van der Waals surface area contributed by atoms with Gasteiger partial charge >= 0.3 is 0 Å². The number of amides is 1. The van der Waals surface area contributed by atoms with E-state index in [1.807, 2.05) is 84.9 Å². The second-order valence-electron chi connectivity index (χ2n) is 8.35. The number of carbonyl (C=O) groups is 1. The zero-order valence-corrected chi connectivity index (χ0v) is 19.4. The Morgan fingerprint density at radius 1 is 0.771 bits per heavy atom. The Bertz CT molecular complexity index is 1390. The second kappa shape index (κ2) is 10.7. The summed E-state index contributed by atoms with van der Waals surface area (Å²) in [6.07, 6.45) is 0.326. The zero-order chi connectivity index (χ0) is 23.9. The maximum atomic E-state index is 12.7. The lowest BCUT2D eigenvalue weighted by Gasteiger charge is -2.12. The first-order valence-corrected chi connectivity index (χ1v) is 11.8. The van der Waals surface area contributed by atoms with Crippen molar-refractivity contribution in [2.75, 3.05) is 6.61 Å². The lowest BCUT2D eigenvalue weighted by atomic mass is 10.0. The molecule has 5 nitrogen and oxygen atoms in total. The Morgan fingerprint density at radius 2 is 1.43 bits per heavy atom. The molecule has 1 aromatic heterocycles. The SMILES string of the molecule is O=C(Cc1ccc(-c2ccccc2)cc1)NCc1nc2ccccc2n1CCOc1ccccc1. The van der Waals surface area contributed by atoms with Crippen LogP contribution >= 0.6 is 0 Å². The highest BCUT2D eigenvalue weighted by Gasteiger charge is 2.12. The van der Waals surface area contributed by atoms with Crippen LogP contribution in [0.25, 0.3) is 22.2 Å². The normalized spacial score (nSPS) is 10.9. The second-order valence-corrected chi connectivity index (χ2v) is 8.35. The Kier molecular flexibility index (Phi) is 6.85. The van der Waals surface area contributed by atoms with Gasteiger partial charge in [-0.3, -0.25) is 4.79 Å². The van der Waals surface area contributed by atoms with E-state index in [1.54, 1.807) is 0 Å². The third-order valence-electron chi connectivity index (χ3n) is 5.93. The molecule has 0 aliphatic heterocycles. The van der Waals surface area contributed by atoms with E-state index in [1.165, 1.54) is 5.56 Å². The zero-order valence-electron chi connectivity index (χ0n) is 19.4. The van der Waals surface area contributed by atoms with Crippen LogP contribution in [0.4, 0.5) is 0 Å². The van der Waals surface area contributed by atoms with Crippen molar-refractivity contribution in [3.63, 3.8) is 0 Å². The third kappa shape index (κ3) is 5.58. The molecule has 0 radical (unpaired) electrons. The van der Waals surface area contributed by atoms with Crippen LogP contribution in [0.1, 0.15) is 11.4 Å². The number of benzene rings is 4. The highest BCUT2D eigenvalue weighted by atomic mass is 16.5. The van der Waals surface area contributed by atoms with Gasteiger partial charge in [0.1, 0.15) is 18.2 Å². The minimum absolute atomic E-state index is 0.0309. The van der Waals surface area contributed by atoms with Crippen molar-refractivity contribution in [2.45, 2.75) is 19.5 Å². The van der Waals surface area contributed by atoms with Crippen LogP contribution in [0.3, 0.4) is 0 Å². The molecular weight excluding hydrogens is 434 g/mol. The third-order valence-corrected chi connectivity index (χ3v) is 5.93. The number of carbonyl (C=O) groups excluding carboxylic acids is 1. The molecule has 0 aliphatic rings. The van der Waals surface area contributed by atoms with E-state index in [9.17, 15) is 4.79 Å². The number of rotatable bonds is 9. The lowest BCUT2D eigenvalue weighted by Crippen LogP contribution is -2.26. The van der Waals surface area contributed by atoms with E-state index in [2.05, 4.69) is 34.1 Å². The van der Waals surface area contributed by atoms with Gasteiger partial charge in [-0.05, 0) is 41.0 Å². The van der Waals surface area contributed by atoms with Crippen molar-refractivity contribution in [3.8, 4) is 16.9 Å². The van der Waals surface area contributed by atoms with Crippen molar-refractivity contribution in [3.05, 3.63) is 121 Å². The van der Waals surface area contributed by atoms with Crippen molar-refractivity contribution < 1.29 is 9.53 Å². The maximum absolute atomic E-state index is 12.7. The Morgan fingerprint density at radius 3 is 2.20 bits per heavy atom. The van der Waals surface area contributed by atoms with Crippen molar-refractivity contribution >= 4 is 16.9 Å². The molecule has 1 amide bonds.